The van der Waals surface area contributed by atoms with Gasteiger partial charge in [-0.3, -0.25) is 4.90 Å². The number of halogens is 1. The molecule has 0 spiro atoms. The fourth-order valence-corrected chi connectivity index (χ4v) is 6.49. The Morgan fingerprint density at radius 1 is 1.09 bits per heavy atom. The normalized spacial score (nSPS) is 22.2. The fraction of sp³-hybridized carbons (Fsp3) is 0.545. The molecule has 2 amide bonds. The van der Waals surface area contributed by atoms with E-state index in [0.717, 1.165) is 55.3 Å². The summed E-state index contributed by atoms with van der Waals surface area (Å²) in [6, 6.07) is 1.41. The second-order valence-corrected chi connectivity index (χ2v) is 11.0. The minimum atomic E-state index is -4.19. The van der Waals surface area contributed by atoms with Crippen LogP contribution in [-0.2, 0) is 42.3 Å². The van der Waals surface area contributed by atoms with E-state index in [1.165, 1.54) is 22.0 Å². The van der Waals surface area contributed by atoms with Gasteiger partial charge in [-0.05, 0) is 60.8 Å². The van der Waals surface area contributed by atoms with Crippen LogP contribution in [-0.4, -0.2) is 61.0 Å². The number of rotatable bonds is 4. The lowest BCUT2D eigenvalue weighted by molar-refractivity contribution is -0.0114. The molecule has 2 N–H and O–H groups in total. The van der Waals surface area contributed by atoms with Gasteiger partial charge in [-0.2, -0.15) is 5.10 Å². The van der Waals surface area contributed by atoms with Gasteiger partial charge in [0.25, 0.3) is 10.0 Å². The van der Waals surface area contributed by atoms with Crippen LogP contribution in [0.1, 0.15) is 35.1 Å². The molecule has 33 heavy (non-hydrogen) atoms. The third kappa shape index (κ3) is 3.57. The Kier molecular flexibility index (Phi) is 4.88. The van der Waals surface area contributed by atoms with Crippen molar-refractivity contribution >= 4 is 21.7 Å². The fourth-order valence-electron chi connectivity index (χ4n) is 5.50. The van der Waals surface area contributed by atoms with Gasteiger partial charge in [0.2, 0.25) is 5.88 Å². The Morgan fingerprint density at radius 2 is 1.79 bits per heavy atom. The minimum Gasteiger partial charge on any atom is -0.475 e. The lowest BCUT2D eigenvalue weighted by Gasteiger charge is -2.41. The van der Waals surface area contributed by atoms with Crippen molar-refractivity contribution in [2.45, 2.75) is 62.2 Å². The number of ether oxygens (including phenoxy) is 1. The van der Waals surface area contributed by atoms with E-state index in [9.17, 15) is 17.6 Å². The molecule has 0 bridgehead atoms. The van der Waals surface area contributed by atoms with E-state index >= 15 is 0 Å². The maximum atomic E-state index is 13.2. The standard InChI is InChI=1S/C22H26FN5O4S/c23-15-9-27(10-15)16-11-28-21(32-12-16)19(8-24-28)33(30,31)26-22(29)25-20-17-5-1-3-13(17)7-14-4-2-6-18(14)20/h7-8,15-16H,1-6,9-12H2,(H2,25,26,29)/t16-/m1/s1. The number of alkyl halides is 1. The van der Waals surface area contributed by atoms with Crippen LogP contribution >= 0.6 is 0 Å². The molecule has 1 fully saturated rings. The average Bonchev–Trinajstić information content (AvgIpc) is 3.49. The minimum absolute atomic E-state index is 0.0570. The van der Waals surface area contributed by atoms with E-state index < -0.39 is 22.2 Å². The highest BCUT2D eigenvalue weighted by molar-refractivity contribution is 7.90. The van der Waals surface area contributed by atoms with Gasteiger partial charge in [-0.1, -0.05) is 6.07 Å². The highest BCUT2D eigenvalue weighted by atomic mass is 32.2. The van der Waals surface area contributed by atoms with E-state index in [4.69, 9.17) is 4.74 Å². The topological polar surface area (TPSA) is 106 Å². The third-order valence-electron chi connectivity index (χ3n) is 7.17. The number of nitrogens with one attached hydrogen (secondary N) is 2. The maximum Gasteiger partial charge on any atom is 0.333 e. The number of urea groups is 1. The summed E-state index contributed by atoms with van der Waals surface area (Å²) in [5, 5.41) is 6.98. The van der Waals surface area contributed by atoms with Crippen LogP contribution in [0.3, 0.4) is 0 Å². The van der Waals surface area contributed by atoms with Gasteiger partial charge in [0.05, 0.1) is 18.8 Å². The molecule has 1 aromatic heterocycles. The second kappa shape index (κ2) is 7.69. The SMILES string of the molecule is O=C(Nc1c2c(cc3c1CCC3)CCC2)NS(=O)(=O)c1cnn2c1OC[C@H](N1CC(F)C1)C2. The molecule has 2 aliphatic heterocycles. The number of fused-ring (bicyclic) bond motifs is 3. The molecule has 2 aliphatic carbocycles. The molecule has 9 nitrogen and oxygen atoms in total. The zero-order valence-electron chi connectivity index (χ0n) is 18.1. The predicted molar refractivity (Wildman–Crippen MR) is 118 cm³/mol. The van der Waals surface area contributed by atoms with Gasteiger partial charge >= 0.3 is 6.03 Å². The first kappa shape index (κ1) is 20.9. The number of carbonyl (C=O) groups excluding carboxylic acids is 1. The molecular formula is C22H26FN5O4S. The van der Waals surface area contributed by atoms with Crippen molar-refractivity contribution in [1.82, 2.24) is 19.4 Å². The van der Waals surface area contributed by atoms with Crippen molar-refractivity contribution in [1.29, 1.82) is 0 Å². The first-order valence-corrected chi connectivity index (χ1v) is 12.9. The average molecular weight is 476 g/mol. The van der Waals surface area contributed by atoms with Crippen molar-refractivity contribution in [3.05, 3.63) is 34.5 Å². The van der Waals surface area contributed by atoms with Crippen LogP contribution in [0.15, 0.2) is 17.2 Å². The first-order valence-electron chi connectivity index (χ1n) is 11.5. The van der Waals surface area contributed by atoms with Crippen molar-refractivity contribution in [2.24, 2.45) is 0 Å². The van der Waals surface area contributed by atoms with Gasteiger partial charge < -0.3 is 10.1 Å². The summed E-state index contributed by atoms with van der Waals surface area (Å²) in [6.45, 7) is 1.36. The number of nitrogens with zero attached hydrogens (tertiary/aromatic N) is 3. The number of likely N-dealkylation sites (tertiary alicyclic amines) is 1. The lowest BCUT2D eigenvalue weighted by atomic mass is 9.99. The Morgan fingerprint density at radius 3 is 2.45 bits per heavy atom. The molecule has 2 aromatic rings. The molecule has 11 heteroatoms. The van der Waals surface area contributed by atoms with Gasteiger partial charge in [0.1, 0.15) is 12.8 Å². The molecule has 3 heterocycles. The quantitative estimate of drug-likeness (QED) is 0.699. The molecular weight excluding hydrogens is 449 g/mol. The number of amides is 2. The van der Waals surface area contributed by atoms with Gasteiger partial charge in [0.15, 0.2) is 4.90 Å². The molecule has 0 saturated carbocycles. The van der Waals surface area contributed by atoms with Crippen LogP contribution in [0.25, 0.3) is 0 Å². The zero-order valence-corrected chi connectivity index (χ0v) is 19.0. The van der Waals surface area contributed by atoms with Gasteiger partial charge in [-0.25, -0.2) is 27.0 Å². The molecule has 1 saturated heterocycles. The second-order valence-electron chi connectivity index (χ2n) is 9.31. The Balaban J connectivity index is 1.19. The molecule has 176 valence electrons. The smallest absolute Gasteiger partial charge is 0.333 e. The largest absolute Gasteiger partial charge is 0.475 e. The maximum absolute atomic E-state index is 13.2. The number of aryl methyl sites for hydroxylation is 2. The summed E-state index contributed by atoms with van der Waals surface area (Å²) in [6.07, 6.45) is 6.19. The molecule has 0 unspecified atom stereocenters. The monoisotopic (exact) mass is 475 g/mol. The lowest BCUT2D eigenvalue weighted by Crippen LogP contribution is -2.57. The summed E-state index contributed by atoms with van der Waals surface area (Å²) in [4.78, 5) is 14.6. The summed E-state index contributed by atoms with van der Waals surface area (Å²) in [5.41, 5.74) is 5.54. The number of benzene rings is 1. The van der Waals surface area contributed by atoms with E-state index in [1.807, 2.05) is 4.90 Å². The number of anilines is 1. The number of aromatic nitrogens is 2. The van der Waals surface area contributed by atoms with Crippen LogP contribution in [0.2, 0.25) is 0 Å². The predicted octanol–water partition coefficient (Wildman–Crippen LogP) is 1.79. The number of carbonyl (C=O) groups is 1. The van der Waals surface area contributed by atoms with E-state index in [-0.39, 0.29) is 23.4 Å². The van der Waals surface area contributed by atoms with Gasteiger partial charge in [-0.15, -0.1) is 0 Å². The Hall–Kier alpha value is -2.66. The Labute approximate surface area is 191 Å². The van der Waals surface area contributed by atoms with Crippen LogP contribution in [0, 0.1) is 0 Å². The van der Waals surface area contributed by atoms with Crippen LogP contribution < -0.4 is 14.8 Å². The summed E-state index contributed by atoms with van der Waals surface area (Å²) >= 11 is 0. The zero-order chi connectivity index (χ0) is 22.7. The van der Waals surface area contributed by atoms with E-state index in [0.29, 0.717) is 19.6 Å². The van der Waals surface area contributed by atoms with Crippen molar-refractivity contribution in [2.75, 3.05) is 25.0 Å². The molecule has 6 rings (SSSR count). The number of sulfonamides is 1. The summed E-state index contributed by atoms with van der Waals surface area (Å²) in [5.74, 6) is 0.102. The number of hydrogen-bond donors (Lipinski definition) is 2. The van der Waals surface area contributed by atoms with E-state index in [2.05, 4.69) is 21.2 Å². The number of hydrogen-bond acceptors (Lipinski definition) is 6. The third-order valence-corrected chi connectivity index (χ3v) is 8.48. The molecule has 1 aromatic carbocycles. The van der Waals surface area contributed by atoms with E-state index in [1.54, 1.807) is 0 Å². The highest BCUT2D eigenvalue weighted by Crippen LogP contribution is 2.38. The van der Waals surface area contributed by atoms with Crippen LogP contribution in [0.5, 0.6) is 5.88 Å². The van der Waals surface area contributed by atoms with Crippen molar-refractivity contribution in [3.8, 4) is 5.88 Å². The molecule has 4 aliphatic rings. The highest BCUT2D eigenvalue weighted by Gasteiger charge is 2.38. The molecule has 1 atom stereocenters. The molecule has 0 radical (unpaired) electrons. The summed E-state index contributed by atoms with van der Waals surface area (Å²) in [7, 11) is -4.19. The van der Waals surface area contributed by atoms with Crippen LogP contribution in [0.4, 0.5) is 14.9 Å². The van der Waals surface area contributed by atoms with Crippen molar-refractivity contribution in [3.63, 3.8) is 0 Å². The van der Waals surface area contributed by atoms with Gasteiger partial charge in [0, 0.05) is 18.8 Å². The van der Waals surface area contributed by atoms with Crippen molar-refractivity contribution < 1.29 is 22.3 Å². The Bertz CT molecular complexity index is 1210. The summed E-state index contributed by atoms with van der Waals surface area (Å²) < 4.78 is 48.4. The first-order chi connectivity index (χ1) is 15.9.